The van der Waals surface area contributed by atoms with Crippen molar-refractivity contribution in [3.8, 4) is 0 Å². The van der Waals surface area contributed by atoms with E-state index in [0.29, 0.717) is 19.4 Å². The van der Waals surface area contributed by atoms with E-state index in [0.717, 1.165) is 0 Å². The van der Waals surface area contributed by atoms with Crippen molar-refractivity contribution in [2.75, 3.05) is 11.4 Å². The van der Waals surface area contributed by atoms with Gasteiger partial charge in [0, 0.05) is 24.2 Å². The maximum Gasteiger partial charge on any atom is 0.326 e. The van der Waals surface area contributed by atoms with Crippen molar-refractivity contribution >= 4 is 23.3 Å². The van der Waals surface area contributed by atoms with E-state index in [1.807, 2.05) is 0 Å². The van der Waals surface area contributed by atoms with E-state index in [-0.39, 0.29) is 23.0 Å². The first-order valence-corrected chi connectivity index (χ1v) is 7.40. The zero-order chi connectivity index (χ0) is 17.1. The average Bonchev–Trinajstić information content (AvgIpc) is 2.95. The molecule has 1 saturated heterocycles. The summed E-state index contributed by atoms with van der Waals surface area (Å²) in [6, 6.07) is 3.27. The molecule has 1 aromatic carbocycles. The lowest BCUT2D eigenvalue weighted by molar-refractivity contribution is -0.384. The standard InChI is InChI=1S/C15H19N3O5/c1-9(2)16-14(19)10-5-6-11(13(8-10)18(22)23)17-7-3-4-12(17)15(20)21/h5-6,8-9,12H,3-4,7H2,1-2H3,(H,16,19)(H,20,21). The van der Waals surface area contributed by atoms with Crippen molar-refractivity contribution in [3.63, 3.8) is 0 Å². The second kappa shape index (κ2) is 6.64. The summed E-state index contributed by atoms with van der Waals surface area (Å²) in [5.41, 5.74) is 0.163. The van der Waals surface area contributed by atoms with Crippen LogP contribution in [0.25, 0.3) is 0 Å². The largest absolute Gasteiger partial charge is 0.480 e. The molecule has 2 rings (SSSR count). The van der Waals surface area contributed by atoms with Gasteiger partial charge in [-0.05, 0) is 38.8 Å². The molecule has 124 valence electrons. The first kappa shape index (κ1) is 16.7. The smallest absolute Gasteiger partial charge is 0.326 e. The Labute approximate surface area is 133 Å². The van der Waals surface area contributed by atoms with Crippen LogP contribution in [0.2, 0.25) is 0 Å². The molecule has 2 N–H and O–H groups in total. The summed E-state index contributed by atoms with van der Waals surface area (Å²) < 4.78 is 0. The van der Waals surface area contributed by atoms with Gasteiger partial charge in [0.1, 0.15) is 11.7 Å². The van der Waals surface area contributed by atoms with Gasteiger partial charge in [0.25, 0.3) is 11.6 Å². The predicted molar refractivity (Wildman–Crippen MR) is 83.7 cm³/mol. The van der Waals surface area contributed by atoms with Gasteiger partial charge >= 0.3 is 5.97 Å². The third-order valence-electron chi connectivity index (χ3n) is 3.70. The number of anilines is 1. The summed E-state index contributed by atoms with van der Waals surface area (Å²) in [5.74, 6) is -1.40. The van der Waals surface area contributed by atoms with Gasteiger partial charge in [-0.15, -0.1) is 0 Å². The van der Waals surface area contributed by atoms with Crippen molar-refractivity contribution in [1.29, 1.82) is 0 Å². The van der Waals surface area contributed by atoms with Crippen molar-refractivity contribution in [1.82, 2.24) is 5.32 Å². The SMILES string of the molecule is CC(C)NC(=O)c1ccc(N2CCCC2C(=O)O)c([N+](=O)[O-])c1. The van der Waals surface area contributed by atoms with Crippen LogP contribution < -0.4 is 10.2 Å². The summed E-state index contributed by atoms with van der Waals surface area (Å²) in [4.78, 5) is 35.6. The normalized spacial score (nSPS) is 17.3. The number of rotatable bonds is 5. The molecule has 1 unspecified atom stereocenters. The average molecular weight is 321 g/mol. The second-order valence-electron chi connectivity index (χ2n) is 5.78. The predicted octanol–water partition coefficient (Wildman–Crippen LogP) is 1.79. The van der Waals surface area contributed by atoms with E-state index in [1.165, 1.54) is 23.1 Å². The molecule has 1 fully saturated rings. The topological polar surface area (TPSA) is 113 Å². The van der Waals surface area contributed by atoms with Crippen molar-refractivity contribution < 1.29 is 19.6 Å². The minimum atomic E-state index is -1.00. The van der Waals surface area contributed by atoms with Crippen LogP contribution in [0.3, 0.4) is 0 Å². The van der Waals surface area contributed by atoms with E-state index >= 15 is 0 Å². The van der Waals surface area contributed by atoms with Gasteiger partial charge in [0.15, 0.2) is 0 Å². The highest BCUT2D eigenvalue weighted by Crippen LogP contribution is 2.34. The lowest BCUT2D eigenvalue weighted by Crippen LogP contribution is -2.36. The van der Waals surface area contributed by atoms with E-state index < -0.39 is 22.8 Å². The Kier molecular flexibility index (Phi) is 4.83. The number of hydrogen-bond donors (Lipinski definition) is 2. The molecule has 8 nitrogen and oxygen atoms in total. The number of hydrogen-bond acceptors (Lipinski definition) is 5. The maximum absolute atomic E-state index is 12.0. The number of carboxylic acids is 1. The fourth-order valence-electron chi connectivity index (χ4n) is 2.71. The van der Waals surface area contributed by atoms with Crippen LogP contribution in [0.15, 0.2) is 18.2 Å². The molecule has 1 amide bonds. The number of carbonyl (C=O) groups is 2. The van der Waals surface area contributed by atoms with E-state index in [1.54, 1.807) is 13.8 Å². The summed E-state index contributed by atoms with van der Waals surface area (Å²) in [7, 11) is 0. The molecule has 1 atom stereocenters. The van der Waals surface area contributed by atoms with E-state index in [9.17, 15) is 24.8 Å². The number of carbonyl (C=O) groups excluding carboxylic acids is 1. The van der Waals surface area contributed by atoms with Crippen molar-refractivity contribution in [3.05, 3.63) is 33.9 Å². The molecule has 0 aromatic heterocycles. The molecule has 0 saturated carbocycles. The Morgan fingerprint density at radius 2 is 2.13 bits per heavy atom. The lowest BCUT2D eigenvalue weighted by atomic mass is 10.1. The van der Waals surface area contributed by atoms with Crippen LogP contribution in [0.1, 0.15) is 37.0 Å². The minimum absolute atomic E-state index is 0.0868. The van der Waals surface area contributed by atoms with Gasteiger partial charge in [0.05, 0.1) is 4.92 Å². The molecule has 8 heteroatoms. The van der Waals surface area contributed by atoms with Crippen LogP contribution >= 0.6 is 0 Å². The molecule has 1 aromatic rings. The van der Waals surface area contributed by atoms with Crippen LogP contribution in [0, 0.1) is 10.1 Å². The molecular formula is C15H19N3O5. The highest BCUT2D eigenvalue weighted by Gasteiger charge is 2.34. The van der Waals surface area contributed by atoms with Crippen LogP contribution in [-0.2, 0) is 4.79 Å². The Balaban J connectivity index is 2.39. The number of carboxylic acid groups (broad SMARTS) is 1. The lowest BCUT2D eigenvalue weighted by Gasteiger charge is -2.23. The highest BCUT2D eigenvalue weighted by atomic mass is 16.6. The van der Waals surface area contributed by atoms with Crippen molar-refractivity contribution in [2.45, 2.75) is 38.8 Å². The number of nitrogens with zero attached hydrogens (tertiary/aromatic N) is 2. The summed E-state index contributed by atoms with van der Waals surface area (Å²) in [6.45, 7) is 4.03. The number of nitro groups is 1. The van der Waals surface area contributed by atoms with Gasteiger partial charge in [-0.1, -0.05) is 0 Å². The van der Waals surface area contributed by atoms with E-state index in [4.69, 9.17) is 0 Å². The monoisotopic (exact) mass is 321 g/mol. The molecule has 1 heterocycles. The molecule has 0 bridgehead atoms. The molecular weight excluding hydrogens is 302 g/mol. The summed E-state index contributed by atoms with van der Waals surface area (Å²) >= 11 is 0. The van der Waals surface area contributed by atoms with Gasteiger partial charge in [-0.2, -0.15) is 0 Å². The Morgan fingerprint density at radius 1 is 1.43 bits per heavy atom. The first-order valence-electron chi connectivity index (χ1n) is 7.40. The Hall–Kier alpha value is -2.64. The Morgan fingerprint density at radius 3 is 2.70 bits per heavy atom. The van der Waals surface area contributed by atoms with Crippen molar-refractivity contribution in [2.24, 2.45) is 0 Å². The van der Waals surface area contributed by atoms with Crippen LogP contribution in [0.4, 0.5) is 11.4 Å². The minimum Gasteiger partial charge on any atom is -0.480 e. The third-order valence-corrected chi connectivity index (χ3v) is 3.70. The fraction of sp³-hybridized carbons (Fsp3) is 0.467. The molecule has 1 aliphatic rings. The zero-order valence-electron chi connectivity index (χ0n) is 13.0. The number of benzene rings is 1. The highest BCUT2D eigenvalue weighted by molar-refractivity contribution is 5.96. The summed E-state index contributed by atoms with van der Waals surface area (Å²) in [5, 5.41) is 23.3. The molecule has 23 heavy (non-hydrogen) atoms. The third kappa shape index (κ3) is 3.58. The molecule has 1 aliphatic heterocycles. The summed E-state index contributed by atoms with van der Waals surface area (Å²) in [6.07, 6.45) is 1.10. The number of nitrogens with one attached hydrogen (secondary N) is 1. The number of aliphatic carboxylic acids is 1. The van der Waals surface area contributed by atoms with E-state index in [2.05, 4.69) is 5.32 Å². The number of amides is 1. The number of nitro benzene ring substituents is 1. The van der Waals surface area contributed by atoms with Gasteiger partial charge in [-0.3, -0.25) is 14.9 Å². The van der Waals surface area contributed by atoms with Crippen LogP contribution in [-0.4, -0.2) is 40.5 Å². The second-order valence-corrected chi connectivity index (χ2v) is 5.78. The molecule has 0 spiro atoms. The van der Waals surface area contributed by atoms with Crippen LogP contribution in [0.5, 0.6) is 0 Å². The van der Waals surface area contributed by atoms with Gasteiger partial charge in [0.2, 0.25) is 0 Å². The fourth-order valence-corrected chi connectivity index (χ4v) is 2.71. The van der Waals surface area contributed by atoms with Gasteiger partial charge in [-0.25, -0.2) is 4.79 Å². The van der Waals surface area contributed by atoms with Gasteiger partial charge < -0.3 is 15.3 Å². The molecule has 0 aliphatic carbocycles. The Bertz CT molecular complexity index is 644. The first-order chi connectivity index (χ1) is 10.8. The zero-order valence-corrected chi connectivity index (χ0v) is 13.0. The quantitative estimate of drug-likeness (QED) is 0.631. The molecule has 0 radical (unpaired) electrons. The maximum atomic E-state index is 12.0.